The number of amides is 1. The van der Waals surface area contributed by atoms with Gasteiger partial charge in [-0.3, -0.25) is 9.59 Å². The first kappa shape index (κ1) is 24.2. The zero-order valence-electron chi connectivity index (χ0n) is 19.2. The summed E-state index contributed by atoms with van der Waals surface area (Å²) >= 11 is 5.92. The van der Waals surface area contributed by atoms with Gasteiger partial charge in [-0.1, -0.05) is 61.0 Å². The number of carbonyl (C=O) groups is 3. The van der Waals surface area contributed by atoms with Crippen LogP contribution in [0, 0.1) is 0 Å². The molecule has 0 spiro atoms. The number of hydrogen-bond donors (Lipinski definition) is 2. The molecule has 7 heteroatoms. The van der Waals surface area contributed by atoms with Gasteiger partial charge in [0.25, 0.3) is 5.91 Å². The van der Waals surface area contributed by atoms with E-state index in [9.17, 15) is 14.4 Å². The van der Waals surface area contributed by atoms with Crippen molar-refractivity contribution in [2.24, 2.45) is 0 Å². The summed E-state index contributed by atoms with van der Waals surface area (Å²) in [4.78, 5) is 41.6. The predicted molar refractivity (Wildman–Crippen MR) is 136 cm³/mol. The van der Waals surface area contributed by atoms with Crippen LogP contribution >= 0.6 is 11.6 Å². The maximum Gasteiger partial charge on any atom is 0.329 e. The first-order valence-corrected chi connectivity index (χ1v) is 11.7. The van der Waals surface area contributed by atoms with Crippen LogP contribution in [0.1, 0.15) is 38.8 Å². The summed E-state index contributed by atoms with van der Waals surface area (Å²) in [5.41, 5.74) is 3.71. The third-order valence-corrected chi connectivity index (χ3v) is 6.08. The highest BCUT2D eigenvalue weighted by Gasteiger charge is 2.25. The second-order valence-corrected chi connectivity index (χ2v) is 8.61. The molecule has 35 heavy (non-hydrogen) atoms. The number of H-pyrrole nitrogens is 1. The van der Waals surface area contributed by atoms with Gasteiger partial charge in [0, 0.05) is 39.7 Å². The van der Waals surface area contributed by atoms with Crippen molar-refractivity contribution in [1.29, 1.82) is 0 Å². The van der Waals surface area contributed by atoms with Gasteiger partial charge in [-0.25, -0.2) is 4.79 Å². The lowest BCUT2D eigenvalue weighted by molar-refractivity contribution is -0.144. The number of rotatable bonds is 9. The standard InChI is InChI=1S/C28H25ClN2O4/c1-2-18-7-9-19(10-8-18)26(32)17-35-28(34)25(31-27(33)20-11-13-22(29)14-12-20)15-21-16-30-24-6-4-3-5-23(21)24/h3-14,16,25,30H,2,15,17H2,1H3,(H,31,33)/t25-/m0/s1. The van der Waals surface area contributed by atoms with Crippen molar-refractivity contribution in [2.75, 3.05) is 6.61 Å². The van der Waals surface area contributed by atoms with Crippen molar-refractivity contribution in [3.63, 3.8) is 0 Å². The molecule has 0 unspecified atom stereocenters. The van der Waals surface area contributed by atoms with E-state index in [1.54, 1.807) is 42.6 Å². The van der Waals surface area contributed by atoms with Crippen LogP contribution < -0.4 is 5.32 Å². The Kier molecular flexibility index (Phi) is 7.63. The maximum absolute atomic E-state index is 13.0. The minimum absolute atomic E-state index is 0.196. The van der Waals surface area contributed by atoms with E-state index in [0.29, 0.717) is 16.1 Å². The Labute approximate surface area is 208 Å². The fourth-order valence-electron chi connectivity index (χ4n) is 3.80. The van der Waals surface area contributed by atoms with Crippen LogP contribution in [0.4, 0.5) is 0 Å². The van der Waals surface area contributed by atoms with Crippen LogP contribution in [0.2, 0.25) is 5.02 Å². The first-order chi connectivity index (χ1) is 16.9. The van der Waals surface area contributed by atoms with Gasteiger partial charge in [0.1, 0.15) is 6.04 Å². The minimum Gasteiger partial charge on any atom is -0.456 e. The molecule has 1 aromatic heterocycles. The van der Waals surface area contributed by atoms with Gasteiger partial charge >= 0.3 is 5.97 Å². The number of nitrogens with one attached hydrogen (secondary N) is 2. The first-order valence-electron chi connectivity index (χ1n) is 11.3. The molecule has 0 bridgehead atoms. The van der Waals surface area contributed by atoms with E-state index in [0.717, 1.165) is 28.5 Å². The van der Waals surface area contributed by atoms with Crippen molar-refractivity contribution in [3.05, 3.63) is 106 Å². The van der Waals surface area contributed by atoms with Crippen molar-refractivity contribution in [3.8, 4) is 0 Å². The topological polar surface area (TPSA) is 88.3 Å². The fourth-order valence-corrected chi connectivity index (χ4v) is 3.93. The molecule has 0 aliphatic heterocycles. The lowest BCUT2D eigenvalue weighted by Crippen LogP contribution is -2.43. The van der Waals surface area contributed by atoms with Crippen LogP contribution in [0.15, 0.2) is 79.0 Å². The number of ketones is 1. The molecular formula is C28H25ClN2O4. The number of Topliss-reactive ketones (excluding diaryl/α,β-unsaturated/α-hetero) is 1. The molecule has 0 aliphatic carbocycles. The van der Waals surface area contributed by atoms with Gasteiger partial charge in [0.05, 0.1) is 0 Å². The van der Waals surface area contributed by atoms with Crippen LogP contribution in [0.3, 0.4) is 0 Å². The Bertz CT molecular complexity index is 1340. The Hall–Kier alpha value is -3.90. The lowest BCUT2D eigenvalue weighted by Gasteiger charge is -2.18. The summed E-state index contributed by atoms with van der Waals surface area (Å²) in [7, 11) is 0. The normalized spacial score (nSPS) is 11.7. The number of carbonyl (C=O) groups excluding carboxylic acids is 3. The number of aryl methyl sites for hydroxylation is 1. The SMILES string of the molecule is CCc1ccc(C(=O)COC(=O)[C@H](Cc2c[nH]c3ccccc23)NC(=O)c2ccc(Cl)cc2)cc1. The van der Waals surface area contributed by atoms with E-state index in [1.165, 1.54) is 0 Å². The van der Waals surface area contributed by atoms with E-state index in [4.69, 9.17) is 16.3 Å². The molecule has 4 aromatic rings. The molecule has 0 radical (unpaired) electrons. The molecule has 3 aromatic carbocycles. The summed E-state index contributed by atoms with van der Waals surface area (Å²) in [5.74, 6) is -1.43. The van der Waals surface area contributed by atoms with Crippen molar-refractivity contribution >= 4 is 40.2 Å². The Morgan fingerprint density at radius 2 is 1.63 bits per heavy atom. The van der Waals surface area contributed by atoms with Gasteiger partial charge in [-0.2, -0.15) is 0 Å². The van der Waals surface area contributed by atoms with Crippen molar-refractivity contribution < 1.29 is 19.1 Å². The number of ether oxygens (including phenoxy) is 1. The third kappa shape index (κ3) is 5.97. The number of fused-ring (bicyclic) bond motifs is 1. The van der Waals surface area contributed by atoms with E-state index >= 15 is 0 Å². The summed E-state index contributed by atoms with van der Waals surface area (Å²) < 4.78 is 5.36. The molecule has 6 nitrogen and oxygen atoms in total. The van der Waals surface area contributed by atoms with Crippen molar-refractivity contribution in [2.45, 2.75) is 25.8 Å². The second kappa shape index (κ2) is 11.0. The number of esters is 1. The summed E-state index contributed by atoms with van der Waals surface area (Å²) in [5, 5.41) is 4.20. The maximum atomic E-state index is 13.0. The number of aromatic nitrogens is 1. The zero-order valence-corrected chi connectivity index (χ0v) is 20.0. The highest BCUT2D eigenvalue weighted by atomic mass is 35.5. The number of benzene rings is 3. The molecule has 178 valence electrons. The molecule has 0 saturated carbocycles. The van der Waals surface area contributed by atoms with Crippen LogP contribution in [0.25, 0.3) is 10.9 Å². The molecule has 1 atom stereocenters. The van der Waals surface area contributed by atoms with Gasteiger partial charge in [0.2, 0.25) is 0 Å². The number of para-hydroxylation sites is 1. The smallest absolute Gasteiger partial charge is 0.329 e. The van der Waals surface area contributed by atoms with Crippen LogP contribution in [-0.2, 0) is 22.4 Å². The summed E-state index contributed by atoms with van der Waals surface area (Å²) in [6.45, 7) is 1.62. The number of hydrogen-bond acceptors (Lipinski definition) is 4. The number of aromatic amines is 1. The van der Waals surface area contributed by atoms with E-state index in [2.05, 4.69) is 10.3 Å². The summed E-state index contributed by atoms with van der Waals surface area (Å²) in [6, 6.07) is 20.3. The van der Waals surface area contributed by atoms with Gasteiger partial charge in [-0.05, 0) is 47.9 Å². The lowest BCUT2D eigenvalue weighted by atomic mass is 10.0. The quantitative estimate of drug-likeness (QED) is 0.252. The molecule has 0 aliphatic rings. The van der Waals surface area contributed by atoms with E-state index in [-0.39, 0.29) is 12.2 Å². The van der Waals surface area contributed by atoms with Gasteiger partial charge in [0.15, 0.2) is 12.4 Å². The van der Waals surface area contributed by atoms with Crippen LogP contribution in [-0.4, -0.2) is 35.3 Å². The molecule has 1 heterocycles. The monoisotopic (exact) mass is 488 g/mol. The average Bonchev–Trinajstić information content (AvgIpc) is 3.29. The third-order valence-electron chi connectivity index (χ3n) is 5.82. The molecular weight excluding hydrogens is 464 g/mol. The largest absolute Gasteiger partial charge is 0.456 e. The Morgan fingerprint density at radius 3 is 2.34 bits per heavy atom. The molecule has 2 N–H and O–H groups in total. The molecule has 1 amide bonds. The predicted octanol–water partition coefficient (Wildman–Crippen LogP) is 5.15. The van der Waals surface area contributed by atoms with Crippen molar-refractivity contribution in [1.82, 2.24) is 10.3 Å². The average molecular weight is 489 g/mol. The zero-order chi connectivity index (χ0) is 24.8. The fraction of sp³-hybridized carbons (Fsp3) is 0.179. The molecule has 0 saturated heterocycles. The highest BCUT2D eigenvalue weighted by Crippen LogP contribution is 2.20. The minimum atomic E-state index is -0.993. The van der Waals surface area contributed by atoms with E-state index in [1.807, 2.05) is 43.3 Å². The van der Waals surface area contributed by atoms with Crippen LogP contribution in [0.5, 0.6) is 0 Å². The molecule has 0 fully saturated rings. The second-order valence-electron chi connectivity index (χ2n) is 8.18. The Morgan fingerprint density at radius 1 is 0.943 bits per heavy atom. The Balaban J connectivity index is 1.50. The van der Waals surface area contributed by atoms with E-state index < -0.39 is 24.5 Å². The summed E-state index contributed by atoms with van der Waals surface area (Å²) in [6.07, 6.45) is 2.87. The van der Waals surface area contributed by atoms with Gasteiger partial charge in [-0.15, -0.1) is 0 Å². The van der Waals surface area contributed by atoms with Gasteiger partial charge < -0.3 is 15.0 Å². The molecule has 4 rings (SSSR count). The highest BCUT2D eigenvalue weighted by molar-refractivity contribution is 6.30. The number of halogens is 1.